The standard InChI is InChI=1S/C29H37NO2/c1-17-16-30-22(14-18(17)15-29(2,3)4)19-9-7-10-21-27-25(32-28(19)21)13-12-24-26(27)20-8-5-6-11-23(20)31-24/h7,9-10,14,16,20,23-27H,5-6,8,11-13,15H2,1-4H3/t20-,23+,24-,25?,26-,27+/m1/s1/i1D3,15D2. The Morgan fingerprint density at radius 3 is 2.78 bits per heavy atom. The molecule has 3 fully saturated rings. The fourth-order valence-electron chi connectivity index (χ4n) is 6.79. The van der Waals surface area contributed by atoms with Gasteiger partial charge in [-0.3, -0.25) is 4.98 Å². The lowest BCUT2D eigenvalue weighted by Crippen LogP contribution is -2.39. The lowest BCUT2D eigenvalue weighted by molar-refractivity contribution is -0.0100. The highest BCUT2D eigenvalue weighted by Crippen LogP contribution is 2.58. The van der Waals surface area contributed by atoms with Crippen LogP contribution in [-0.4, -0.2) is 23.3 Å². The zero-order valence-corrected chi connectivity index (χ0v) is 19.4. The number of ether oxygens (including phenoxy) is 2. The Morgan fingerprint density at radius 2 is 1.94 bits per heavy atom. The average Bonchev–Trinajstić information content (AvgIpc) is 3.40. The first-order valence-corrected chi connectivity index (χ1v) is 12.3. The van der Waals surface area contributed by atoms with E-state index in [-0.39, 0.29) is 17.2 Å². The van der Waals surface area contributed by atoms with Gasteiger partial charge in [0.1, 0.15) is 11.9 Å². The van der Waals surface area contributed by atoms with Crippen LogP contribution in [0.1, 0.15) is 88.8 Å². The summed E-state index contributed by atoms with van der Waals surface area (Å²) in [4.78, 5) is 4.57. The molecule has 6 atom stereocenters. The van der Waals surface area contributed by atoms with E-state index in [2.05, 4.69) is 11.1 Å². The minimum Gasteiger partial charge on any atom is -0.489 e. The van der Waals surface area contributed by atoms with Crippen molar-refractivity contribution in [3.63, 3.8) is 0 Å². The Hall–Kier alpha value is -1.87. The Bertz CT molecular complexity index is 1200. The largest absolute Gasteiger partial charge is 0.489 e. The molecular formula is C29H37NO2. The van der Waals surface area contributed by atoms with Gasteiger partial charge in [-0.15, -0.1) is 0 Å². The van der Waals surface area contributed by atoms with Crippen LogP contribution in [0.5, 0.6) is 5.75 Å². The number of fused-ring (bicyclic) bond motifs is 7. The molecule has 4 aliphatic rings. The summed E-state index contributed by atoms with van der Waals surface area (Å²) in [5, 5.41) is 0. The molecule has 3 heteroatoms. The fourth-order valence-corrected chi connectivity index (χ4v) is 6.79. The number of aryl methyl sites for hydroxylation is 1. The summed E-state index contributed by atoms with van der Waals surface area (Å²) in [6.07, 6.45) is 7.19. The van der Waals surface area contributed by atoms with E-state index < -0.39 is 18.6 Å². The fraction of sp³-hybridized carbons (Fsp3) is 0.621. The van der Waals surface area contributed by atoms with Crippen LogP contribution in [0.25, 0.3) is 11.3 Å². The molecule has 0 N–H and O–H groups in total. The summed E-state index contributed by atoms with van der Waals surface area (Å²) in [6.45, 7) is 2.92. The van der Waals surface area contributed by atoms with Gasteiger partial charge in [-0.2, -0.15) is 0 Å². The third kappa shape index (κ3) is 3.39. The maximum atomic E-state index is 8.89. The van der Waals surface area contributed by atoms with Gasteiger partial charge >= 0.3 is 0 Å². The van der Waals surface area contributed by atoms with E-state index >= 15 is 0 Å². The van der Waals surface area contributed by atoms with Crippen LogP contribution in [0.4, 0.5) is 0 Å². The highest BCUT2D eigenvalue weighted by atomic mass is 16.5. The molecule has 1 aromatic heterocycles. The van der Waals surface area contributed by atoms with Crippen molar-refractivity contribution in [3.05, 3.63) is 47.2 Å². The number of hydrogen-bond acceptors (Lipinski definition) is 3. The minimum absolute atomic E-state index is 0.0346. The number of hydrogen-bond donors (Lipinski definition) is 0. The van der Waals surface area contributed by atoms with Gasteiger partial charge in [0.25, 0.3) is 0 Å². The Labute approximate surface area is 200 Å². The average molecular weight is 437 g/mol. The van der Waals surface area contributed by atoms with Gasteiger partial charge in [0.05, 0.1) is 17.9 Å². The zero-order chi connectivity index (χ0) is 26.3. The van der Waals surface area contributed by atoms with Crippen LogP contribution in [-0.2, 0) is 11.1 Å². The number of aromatic nitrogens is 1. The second-order valence-corrected chi connectivity index (χ2v) is 11.2. The van der Waals surface area contributed by atoms with E-state index in [1.165, 1.54) is 37.4 Å². The van der Waals surface area contributed by atoms with Crippen molar-refractivity contribution in [1.29, 1.82) is 0 Å². The summed E-state index contributed by atoms with van der Waals surface area (Å²) in [7, 11) is 0. The van der Waals surface area contributed by atoms with Gasteiger partial charge in [0.2, 0.25) is 0 Å². The van der Waals surface area contributed by atoms with Crippen molar-refractivity contribution in [2.24, 2.45) is 17.3 Å². The quantitative estimate of drug-likeness (QED) is 0.515. The van der Waals surface area contributed by atoms with Gasteiger partial charge in [-0.1, -0.05) is 45.7 Å². The SMILES string of the molecule is [2H]C([2H])([2H])c1cnc(-c2cccc3c2OC2CC[C@H]4O[C@H]5CCCC[C@H]5[C@H]4[C@@H]32)cc1C([2H])([2H])C(C)(C)C. The Kier molecular flexibility index (Phi) is 3.76. The van der Waals surface area contributed by atoms with E-state index in [1.54, 1.807) is 26.8 Å². The minimum atomic E-state index is -2.46. The predicted octanol–water partition coefficient (Wildman–Crippen LogP) is 6.86. The number of pyridine rings is 1. The highest BCUT2D eigenvalue weighted by Gasteiger charge is 2.56. The second kappa shape index (κ2) is 7.58. The molecule has 2 aliphatic heterocycles. The molecule has 32 heavy (non-hydrogen) atoms. The summed E-state index contributed by atoms with van der Waals surface area (Å²) in [6, 6.07) is 7.83. The van der Waals surface area contributed by atoms with Crippen molar-refractivity contribution in [1.82, 2.24) is 4.98 Å². The first-order valence-electron chi connectivity index (χ1n) is 14.8. The molecule has 0 radical (unpaired) electrons. The summed E-state index contributed by atoms with van der Waals surface area (Å²) in [5.41, 5.74) is 1.91. The Balaban J connectivity index is 1.44. The van der Waals surface area contributed by atoms with Crippen LogP contribution in [0.3, 0.4) is 0 Å². The second-order valence-electron chi connectivity index (χ2n) is 11.2. The van der Waals surface area contributed by atoms with E-state index in [0.29, 0.717) is 35.7 Å². The van der Waals surface area contributed by atoms with Crippen LogP contribution < -0.4 is 4.74 Å². The van der Waals surface area contributed by atoms with Gasteiger partial charge in [-0.05, 0) is 73.5 Å². The van der Waals surface area contributed by atoms with Gasteiger partial charge in [0.15, 0.2) is 0 Å². The maximum absolute atomic E-state index is 8.89. The van der Waals surface area contributed by atoms with Gasteiger partial charge in [0, 0.05) is 36.0 Å². The summed E-state index contributed by atoms with van der Waals surface area (Å²) in [5.74, 6) is 2.18. The zero-order valence-electron chi connectivity index (χ0n) is 24.4. The van der Waals surface area contributed by atoms with Crippen LogP contribution >= 0.6 is 0 Å². The molecule has 1 unspecified atom stereocenters. The van der Waals surface area contributed by atoms with Crippen molar-refractivity contribution >= 4 is 0 Å². The number of benzene rings is 1. The lowest BCUT2D eigenvalue weighted by Gasteiger charge is -2.37. The van der Waals surface area contributed by atoms with Crippen molar-refractivity contribution in [2.75, 3.05) is 0 Å². The molecule has 3 nitrogen and oxygen atoms in total. The molecule has 1 aromatic carbocycles. The topological polar surface area (TPSA) is 31.4 Å². The van der Waals surface area contributed by atoms with Crippen LogP contribution in [0.15, 0.2) is 30.5 Å². The van der Waals surface area contributed by atoms with Crippen molar-refractivity contribution < 1.29 is 16.3 Å². The van der Waals surface area contributed by atoms with Crippen molar-refractivity contribution in [2.45, 2.75) is 96.8 Å². The molecule has 2 aliphatic carbocycles. The normalized spacial score (nSPS) is 36.3. The summed E-state index contributed by atoms with van der Waals surface area (Å²) >= 11 is 0. The maximum Gasteiger partial charge on any atom is 0.132 e. The smallest absolute Gasteiger partial charge is 0.132 e. The third-order valence-electron chi connectivity index (χ3n) is 7.94. The third-order valence-corrected chi connectivity index (χ3v) is 7.94. The van der Waals surface area contributed by atoms with Crippen LogP contribution in [0.2, 0.25) is 0 Å². The van der Waals surface area contributed by atoms with E-state index in [9.17, 15) is 0 Å². The van der Waals surface area contributed by atoms with E-state index in [0.717, 1.165) is 24.2 Å². The monoisotopic (exact) mass is 436 g/mol. The predicted molar refractivity (Wildman–Crippen MR) is 128 cm³/mol. The molecule has 6 rings (SSSR count). The number of nitrogens with zero attached hydrogens (tertiary/aromatic N) is 1. The molecule has 0 bridgehead atoms. The molecule has 2 aromatic rings. The lowest BCUT2D eigenvalue weighted by atomic mass is 9.65. The Morgan fingerprint density at radius 1 is 1.09 bits per heavy atom. The van der Waals surface area contributed by atoms with E-state index in [4.69, 9.17) is 16.3 Å². The highest BCUT2D eigenvalue weighted by molar-refractivity contribution is 5.71. The molecule has 170 valence electrons. The molecule has 2 saturated carbocycles. The van der Waals surface area contributed by atoms with Crippen molar-refractivity contribution in [3.8, 4) is 17.0 Å². The molecular weight excluding hydrogens is 394 g/mol. The number of rotatable bonds is 2. The van der Waals surface area contributed by atoms with Gasteiger partial charge in [-0.25, -0.2) is 0 Å². The number of para-hydroxylation sites is 1. The van der Waals surface area contributed by atoms with E-state index in [1.807, 2.05) is 12.1 Å². The van der Waals surface area contributed by atoms with Crippen LogP contribution in [0, 0.1) is 24.1 Å². The molecule has 1 saturated heterocycles. The summed E-state index contributed by atoms with van der Waals surface area (Å²) < 4.78 is 55.2. The molecule has 0 spiro atoms. The van der Waals surface area contributed by atoms with Gasteiger partial charge < -0.3 is 9.47 Å². The molecule has 0 amide bonds. The first-order chi connectivity index (χ1) is 17.4. The first kappa shape index (κ1) is 15.9. The molecule has 3 heterocycles.